The van der Waals surface area contributed by atoms with Crippen LogP contribution >= 0.6 is 0 Å². The Morgan fingerprint density at radius 3 is 2.42 bits per heavy atom. The average molecular weight is 168 g/mol. The Hall–Kier alpha value is -1.05. The monoisotopic (exact) mass is 168 g/mol. The van der Waals surface area contributed by atoms with Gasteiger partial charge in [0.25, 0.3) is 0 Å². The van der Waals surface area contributed by atoms with E-state index in [9.17, 15) is 4.79 Å². The van der Waals surface area contributed by atoms with Crippen molar-refractivity contribution in [3.8, 4) is 0 Å². The van der Waals surface area contributed by atoms with Crippen molar-refractivity contribution < 1.29 is 9.90 Å². The molecule has 2 heteroatoms. The molecular weight excluding hydrogens is 152 g/mol. The predicted octanol–water partition coefficient (Wildman–Crippen LogP) is 2.62. The first kappa shape index (κ1) is 11.0. The molecule has 0 saturated carbocycles. The molecule has 0 aliphatic heterocycles. The standard InChI is InChI=1S/C10H16O2/c1-7(2)8(3)5-6-9(4)10(11)12/h6,8H,1,5H2,2-4H3,(H,11,12). The van der Waals surface area contributed by atoms with Crippen LogP contribution in [-0.4, -0.2) is 11.1 Å². The van der Waals surface area contributed by atoms with Gasteiger partial charge in [0.1, 0.15) is 0 Å². The first-order valence-corrected chi connectivity index (χ1v) is 4.00. The van der Waals surface area contributed by atoms with Crippen molar-refractivity contribution in [3.05, 3.63) is 23.8 Å². The van der Waals surface area contributed by atoms with Crippen molar-refractivity contribution in [2.45, 2.75) is 27.2 Å². The number of carboxylic acid groups (broad SMARTS) is 1. The minimum atomic E-state index is -0.844. The summed E-state index contributed by atoms with van der Waals surface area (Å²) < 4.78 is 0. The zero-order valence-corrected chi connectivity index (χ0v) is 7.92. The van der Waals surface area contributed by atoms with Gasteiger partial charge in [0.15, 0.2) is 0 Å². The predicted molar refractivity (Wildman–Crippen MR) is 50.0 cm³/mol. The molecule has 1 atom stereocenters. The van der Waals surface area contributed by atoms with Crippen LogP contribution in [0.15, 0.2) is 23.8 Å². The second kappa shape index (κ2) is 4.75. The fourth-order valence-corrected chi connectivity index (χ4v) is 0.642. The van der Waals surface area contributed by atoms with Gasteiger partial charge < -0.3 is 5.11 Å². The van der Waals surface area contributed by atoms with E-state index in [1.165, 1.54) is 0 Å². The lowest BCUT2D eigenvalue weighted by molar-refractivity contribution is -0.132. The molecular formula is C10H16O2. The Morgan fingerprint density at radius 1 is 1.58 bits per heavy atom. The number of carbonyl (C=O) groups is 1. The number of hydrogen-bond donors (Lipinski definition) is 1. The molecule has 0 saturated heterocycles. The van der Waals surface area contributed by atoms with E-state index in [0.717, 1.165) is 12.0 Å². The van der Waals surface area contributed by atoms with Crippen LogP contribution in [0.5, 0.6) is 0 Å². The van der Waals surface area contributed by atoms with E-state index in [1.54, 1.807) is 13.0 Å². The summed E-state index contributed by atoms with van der Waals surface area (Å²) in [5.41, 5.74) is 1.49. The Kier molecular flexibility index (Phi) is 4.34. The highest BCUT2D eigenvalue weighted by Crippen LogP contribution is 2.13. The summed E-state index contributed by atoms with van der Waals surface area (Å²) in [6.07, 6.45) is 2.50. The lowest BCUT2D eigenvalue weighted by Gasteiger charge is -2.06. The van der Waals surface area contributed by atoms with E-state index in [2.05, 4.69) is 6.58 Å². The Morgan fingerprint density at radius 2 is 2.08 bits per heavy atom. The highest BCUT2D eigenvalue weighted by atomic mass is 16.4. The first-order valence-electron chi connectivity index (χ1n) is 4.00. The van der Waals surface area contributed by atoms with Crippen molar-refractivity contribution in [1.82, 2.24) is 0 Å². The van der Waals surface area contributed by atoms with E-state index in [1.807, 2.05) is 13.8 Å². The minimum Gasteiger partial charge on any atom is -0.478 e. The van der Waals surface area contributed by atoms with Crippen molar-refractivity contribution in [2.75, 3.05) is 0 Å². The molecule has 68 valence electrons. The van der Waals surface area contributed by atoms with Gasteiger partial charge in [-0.05, 0) is 26.2 Å². The van der Waals surface area contributed by atoms with Gasteiger partial charge in [0.2, 0.25) is 0 Å². The van der Waals surface area contributed by atoms with Gasteiger partial charge in [0.05, 0.1) is 0 Å². The zero-order valence-electron chi connectivity index (χ0n) is 7.92. The summed E-state index contributed by atoms with van der Waals surface area (Å²) in [6.45, 7) is 9.39. The molecule has 0 rings (SSSR count). The van der Waals surface area contributed by atoms with Crippen LogP contribution in [-0.2, 0) is 4.79 Å². The molecule has 1 unspecified atom stereocenters. The van der Waals surface area contributed by atoms with E-state index in [0.29, 0.717) is 11.5 Å². The second-order valence-corrected chi connectivity index (χ2v) is 3.18. The maximum absolute atomic E-state index is 10.4. The molecule has 0 aromatic rings. The summed E-state index contributed by atoms with van der Waals surface area (Å²) in [5, 5.41) is 8.54. The van der Waals surface area contributed by atoms with Gasteiger partial charge in [0, 0.05) is 5.57 Å². The highest BCUT2D eigenvalue weighted by Gasteiger charge is 2.02. The first-order chi connectivity index (χ1) is 5.45. The number of aliphatic carboxylic acids is 1. The quantitative estimate of drug-likeness (QED) is 0.517. The Balaban J connectivity index is 4.04. The third-order valence-electron chi connectivity index (χ3n) is 1.96. The lowest BCUT2D eigenvalue weighted by atomic mass is 9.99. The van der Waals surface area contributed by atoms with Crippen LogP contribution in [0.1, 0.15) is 27.2 Å². The van der Waals surface area contributed by atoms with Crippen LogP contribution in [0.25, 0.3) is 0 Å². The molecule has 0 aromatic carbocycles. The third-order valence-corrected chi connectivity index (χ3v) is 1.96. The number of allylic oxidation sites excluding steroid dienone is 2. The largest absolute Gasteiger partial charge is 0.478 e. The van der Waals surface area contributed by atoms with Crippen LogP contribution in [0.3, 0.4) is 0 Å². The zero-order chi connectivity index (χ0) is 9.72. The van der Waals surface area contributed by atoms with Crippen LogP contribution < -0.4 is 0 Å². The van der Waals surface area contributed by atoms with Gasteiger partial charge in [-0.1, -0.05) is 25.2 Å². The summed E-state index contributed by atoms with van der Waals surface area (Å²) in [7, 11) is 0. The second-order valence-electron chi connectivity index (χ2n) is 3.18. The summed E-state index contributed by atoms with van der Waals surface area (Å²) in [4.78, 5) is 10.4. The molecule has 12 heavy (non-hydrogen) atoms. The molecule has 0 aliphatic rings. The smallest absolute Gasteiger partial charge is 0.330 e. The topological polar surface area (TPSA) is 37.3 Å². The summed E-state index contributed by atoms with van der Waals surface area (Å²) >= 11 is 0. The lowest BCUT2D eigenvalue weighted by Crippen LogP contribution is -1.98. The van der Waals surface area contributed by atoms with E-state index in [4.69, 9.17) is 5.11 Å². The van der Waals surface area contributed by atoms with Crippen LogP contribution in [0.2, 0.25) is 0 Å². The molecule has 0 spiro atoms. The molecule has 0 aliphatic carbocycles. The number of hydrogen-bond acceptors (Lipinski definition) is 1. The molecule has 0 amide bonds. The van der Waals surface area contributed by atoms with Gasteiger partial charge >= 0.3 is 5.97 Å². The van der Waals surface area contributed by atoms with E-state index >= 15 is 0 Å². The highest BCUT2D eigenvalue weighted by molar-refractivity contribution is 5.85. The molecule has 2 nitrogen and oxygen atoms in total. The molecule has 0 fully saturated rings. The summed E-state index contributed by atoms with van der Waals surface area (Å²) in [5.74, 6) is -0.483. The normalized spacial score (nSPS) is 14.1. The number of rotatable bonds is 4. The Bertz CT molecular complexity index is 214. The van der Waals surface area contributed by atoms with Gasteiger partial charge in [-0.15, -0.1) is 0 Å². The molecule has 0 bridgehead atoms. The van der Waals surface area contributed by atoms with Gasteiger partial charge in [-0.3, -0.25) is 0 Å². The Labute approximate surface area is 73.6 Å². The van der Waals surface area contributed by atoms with Crippen molar-refractivity contribution in [1.29, 1.82) is 0 Å². The van der Waals surface area contributed by atoms with Crippen molar-refractivity contribution in [3.63, 3.8) is 0 Å². The molecule has 0 aromatic heterocycles. The molecule has 0 radical (unpaired) electrons. The molecule has 0 heterocycles. The SMILES string of the molecule is C=C(C)C(C)CC=C(C)C(=O)O. The number of carboxylic acids is 1. The molecule has 1 N–H and O–H groups in total. The average Bonchev–Trinajstić information content (AvgIpc) is 1.98. The van der Waals surface area contributed by atoms with Gasteiger partial charge in [-0.25, -0.2) is 4.79 Å². The fourth-order valence-electron chi connectivity index (χ4n) is 0.642. The minimum absolute atomic E-state index is 0.360. The van der Waals surface area contributed by atoms with E-state index < -0.39 is 5.97 Å². The van der Waals surface area contributed by atoms with Crippen molar-refractivity contribution >= 4 is 5.97 Å². The van der Waals surface area contributed by atoms with Crippen LogP contribution in [0, 0.1) is 5.92 Å². The van der Waals surface area contributed by atoms with Crippen molar-refractivity contribution in [2.24, 2.45) is 5.92 Å². The van der Waals surface area contributed by atoms with Crippen LogP contribution in [0.4, 0.5) is 0 Å². The third kappa shape index (κ3) is 3.96. The maximum Gasteiger partial charge on any atom is 0.330 e. The maximum atomic E-state index is 10.4. The van der Waals surface area contributed by atoms with E-state index in [-0.39, 0.29) is 0 Å². The fraction of sp³-hybridized carbons (Fsp3) is 0.500. The summed E-state index contributed by atoms with van der Waals surface area (Å²) in [6, 6.07) is 0. The van der Waals surface area contributed by atoms with Gasteiger partial charge in [-0.2, -0.15) is 0 Å².